The molecule has 26 heavy (non-hydrogen) atoms. The van der Waals surface area contributed by atoms with Crippen molar-refractivity contribution in [2.75, 3.05) is 0 Å². The minimum atomic E-state index is -0.435. The number of H-pyrrole nitrogens is 1. The molecule has 1 amide bonds. The molecule has 1 aliphatic rings. The van der Waals surface area contributed by atoms with Crippen molar-refractivity contribution < 1.29 is 9.59 Å². The van der Waals surface area contributed by atoms with Crippen LogP contribution in [-0.2, 0) is 17.6 Å². The monoisotopic (exact) mass is 345 g/mol. The van der Waals surface area contributed by atoms with Gasteiger partial charge in [0.05, 0.1) is 12.0 Å². The highest BCUT2D eigenvalue weighted by Crippen LogP contribution is 2.23. The van der Waals surface area contributed by atoms with Crippen LogP contribution >= 0.6 is 0 Å². The van der Waals surface area contributed by atoms with Crippen molar-refractivity contribution in [1.82, 2.24) is 10.3 Å². The average molecular weight is 345 g/mol. The van der Waals surface area contributed by atoms with E-state index in [2.05, 4.69) is 10.3 Å². The summed E-state index contributed by atoms with van der Waals surface area (Å²) in [5.74, 6) is 0.578. The van der Waals surface area contributed by atoms with Crippen LogP contribution in [0.1, 0.15) is 34.8 Å². The molecule has 2 N–H and O–H groups in total. The van der Waals surface area contributed by atoms with Crippen molar-refractivity contribution in [1.29, 1.82) is 0 Å². The van der Waals surface area contributed by atoms with Gasteiger partial charge in [0.1, 0.15) is 0 Å². The molecule has 0 bridgehead atoms. The molecule has 1 radical (unpaired) electrons. The third-order valence-corrected chi connectivity index (χ3v) is 5.13. The van der Waals surface area contributed by atoms with E-state index >= 15 is 0 Å². The van der Waals surface area contributed by atoms with E-state index in [0.29, 0.717) is 18.8 Å². The molecule has 3 aromatic rings. The Kier molecular flexibility index (Phi) is 4.33. The summed E-state index contributed by atoms with van der Waals surface area (Å²) in [4.78, 5) is 28.5. The zero-order valence-corrected chi connectivity index (χ0v) is 14.7. The van der Waals surface area contributed by atoms with Crippen LogP contribution in [0.4, 0.5) is 0 Å². The van der Waals surface area contributed by atoms with Crippen molar-refractivity contribution >= 4 is 22.6 Å². The Morgan fingerprint density at radius 3 is 2.81 bits per heavy atom. The van der Waals surface area contributed by atoms with Gasteiger partial charge in [-0.15, -0.1) is 0 Å². The maximum absolute atomic E-state index is 12.6. The summed E-state index contributed by atoms with van der Waals surface area (Å²) in [5.41, 5.74) is 3.96. The smallest absolute Gasteiger partial charge is 0.227 e. The van der Waals surface area contributed by atoms with Gasteiger partial charge in [-0.3, -0.25) is 9.59 Å². The number of Topliss-reactive ketones (excluding diaryl/α,β-unsaturated/α-hetero) is 1. The third kappa shape index (κ3) is 3.03. The fraction of sp³-hybridized carbons (Fsp3) is 0.227. The summed E-state index contributed by atoms with van der Waals surface area (Å²) < 4.78 is 0. The molecular formula is C22H21N2O2. The summed E-state index contributed by atoms with van der Waals surface area (Å²) in [5, 5.41) is 4.06. The van der Waals surface area contributed by atoms with Crippen molar-refractivity contribution in [2.24, 2.45) is 0 Å². The van der Waals surface area contributed by atoms with Crippen molar-refractivity contribution in [2.45, 2.75) is 32.2 Å². The summed E-state index contributed by atoms with van der Waals surface area (Å²) in [6.07, 6.45) is 3.98. The van der Waals surface area contributed by atoms with Gasteiger partial charge in [0.25, 0.3) is 0 Å². The molecule has 2 aromatic carbocycles. The normalized spacial score (nSPS) is 16.7. The molecule has 1 atom stereocenters. The van der Waals surface area contributed by atoms with Gasteiger partial charge >= 0.3 is 0 Å². The molecule has 0 saturated carbocycles. The summed E-state index contributed by atoms with van der Waals surface area (Å²) in [6, 6.07) is 15.3. The Morgan fingerprint density at radius 2 is 1.92 bits per heavy atom. The number of carbonyl (C=O) groups excluding carboxylic acids is 2. The molecule has 4 heteroatoms. The molecule has 1 aliphatic carbocycles. The van der Waals surface area contributed by atoms with E-state index in [1.807, 2.05) is 61.7 Å². The molecule has 0 spiro atoms. The Balaban J connectivity index is 1.44. The molecular weight excluding hydrogens is 324 g/mol. The zero-order chi connectivity index (χ0) is 18.1. The van der Waals surface area contributed by atoms with Crippen LogP contribution in [0, 0.1) is 5.92 Å². The van der Waals surface area contributed by atoms with Crippen molar-refractivity contribution in [3.8, 4) is 0 Å². The van der Waals surface area contributed by atoms with Crippen LogP contribution in [0.25, 0.3) is 10.9 Å². The number of hydrogen-bond acceptors (Lipinski definition) is 2. The number of hydrogen-bond donors (Lipinski definition) is 2. The van der Waals surface area contributed by atoms with Crippen LogP contribution in [0.3, 0.4) is 0 Å². The molecule has 4 rings (SSSR count). The lowest BCUT2D eigenvalue weighted by molar-refractivity contribution is -0.119. The van der Waals surface area contributed by atoms with E-state index in [0.717, 1.165) is 34.0 Å². The van der Waals surface area contributed by atoms with Gasteiger partial charge < -0.3 is 10.3 Å². The lowest BCUT2D eigenvalue weighted by Gasteiger charge is -2.25. The minimum Gasteiger partial charge on any atom is -0.361 e. The maximum atomic E-state index is 12.6. The quantitative estimate of drug-likeness (QED) is 0.759. The number of aryl methyl sites for hydroxylation is 1. The minimum absolute atomic E-state index is 0.0140. The van der Waals surface area contributed by atoms with Gasteiger partial charge in [-0.1, -0.05) is 42.5 Å². The topological polar surface area (TPSA) is 62.0 Å². The highest BCUT2D eigenvalue weighted by atomic mass is 16.2. The predicted octanol–water partition coefficient (Wildman–Crippen LogP) is 3.62. The van der Waals surface area contributed by atoms with Gasteiger partial charge in [-0.2, -0.15) is 0 Å². The van der Waals surface area contributed by atoms with Crippen LogP contribution in [0.2, 0.25) is 0 Å². The number of amides is 1. The van der Waals surface area contributed by atoms with Gasteiger partial charge in [0.2, 0.25) is 5.91 Å². The second kappa shape index (κ2) is 6.79. The first kappa shape index (κ1) is 16.6. The van der Waals surface area contributed by atoms with Crippen molar-refractivity contribution in [3.05, 3.63) is 77.3 Å². The lowest BCUT2D eigenvalue weighted by Crippen LogP contribution is -2.45. The first-order valence-electron chi connectivity index (χ1n) is 8.94. The highest BCUT2D eigenvalue weighted by molar-refractivity contribution is 6.05. The summed E-state index contributed by atoms with van der Waals surface area (Å²) >= 11 is 0. The Morgan fingerprint density at radius 1 is 1.15 bits per heavy atom. The van der Waals surface area contributed by atoms with Crippen LogP contribution in [0.5, 0.6) is 0 Å². The van der Waals surface area contributed by atoms with E-state index in [1.165, 1.54) is 0 Å². The second-order valence-corrected chi connectivity index (χ2v) is 6.90. The van der Waals surface area contributed by atoms with E-state index < -0.39 is 6.04 Å². The van der Waals surface area contributed by atoms with E-state index in [-0.39, 0.29) is 11.7 Å². The molecule has 4 nitrogen and oxygen atoms in total. The zero-order valence-electron chi connectivity index (χ0n) is 14.7. The molecule has 1 aromatic heterocycles. The standard InChI is InChI=1S/C22H21N2O2/c1-14(12-16-13-23-19-9-5-4-7-17(16)19)22(26)24-20-11-10-15-6-2-3-8-18(15)21(20)25/h2-9,13,20,23H,10-12H2,1H3,(H,24,26). The highest BCUT2D eigenvalue weighted by Gasteiger charge is 2.29. The predicted molar refractivity (Wildman–Crippen MR) is 102 cm³/mol. The number of fused-ring (bicyclic) bond motifs is 2. The number of para-hydroxylation sites is 1. The number of benzene rings is 2. The summed E-state index contributed by atoms with van der Waals surface area (Å²) in [6.45, 7) is 1.83. The summed E-state index contributed by atoms with van der Waals surface area (Å²) in [7, 11) is 0. The first-order chi connectivity index (χ1) is 12.6. The molecule has 0 saturated heterocycles. The number of carbonyl (C=O) groups is 2. The Hall–Kier alpha value is -2.88. The SMILES string of the molecule is C[C](Cc1c[nH]c2ccccc12)C(=O)NC1CCc2ccccc2C1=O. The third-order valence-electron chi connectivity index (χ3n) is 5.13. The first-order valence-corrected chi connectivity index (χ1v) is 8.94. The lowest BCUT2D eigenvalue weighted by atomic mass is 9.87. The van der Waals surface area contributed by atoms with Crippen LogP contribution in [-0.4, -0.2) is 22.7 Å². The number of ketones is 1. The Bertz CT molecular complexity index is 973. The molecule has 0 aliphatic heterocycles. The Labute approximate surface area is 152 Å². The number of aromatic nitrogens is 1. The van der Waals surface area contributed by atoms with Gasteiger partial charge in [-0.25, -0.2) is 0 Å². The number of aromatic amines is 1. The van der Waals surface area contributed by atoms with E-state index in [1.54, 1.807) is 0 Å². The van der Waals surface area contributed by atoms with Crippen LogP contribution in [0.15, 0.2) is 54.7 Å². The fourth-order valence-corrected chi connectivity index (χ4v) is 3.66. The molecule has 131 valence electrons. The van der Waals surface area contributed by atoms with Crippen LogP contribution < -0.4 is 5.32 Å². The van der Waals surface area contributed by atoms with Crippen molar-refractivity contribution in [3.63, 3.8) is 0 Å². The maximum Gasteiger partial charge on any atom is 0.227 e. The fourth-order valence-electron chi connectivity index (χ4n) is 3.66. The van der Waals surface area contributed by atoms with Gasteiger partial charge in [0, 0.05) is 22.7 Å². The average Bonchev–Trinajstić information content (AvgIpc) is 3.07. The number of nitrogens with one attached hydrogen (secondary N) is 2. The van der Waals surface area contributed by atoms with E-state index in [4.69, 9.17) is 0 Å². The van der Waals surface area contributed by atoms with Gasteiger partial charge in [0.15, 0.2) is 5.78 Å². The second-order valence-electron chi connectivity index (χ2n) is 6.90. The molecule has 0 fully saturated rings. The molecule has 1 heterocycles. The van der Waals surface area contributed by atoms with Gasteiger partial charge in [-0.05, 0) is 43.4 Å². The van der Waals surface area contributed by atoms with E-state index in [9.17, 15) is 9.59 Å². The molecule has 1 unspecified atom stereocenters. The number of rotatable bonds is 4. The largest absolute Gasteiger partial charge is 0.361 e.